The summed E-state index contributed by atoms with van der Waals surface area (Å²) in [5, 5.41) is 0. The van der Waals surface area contributed by atoms with Gasteiger partial charge < -0.3 is 4.90 Å². The van der Waals surface area contributed by atoms with Gasteiger partial charge in [0.25, 0.3) is 0 Å². The zero-order valence-electron chi connectivity index (χ0n) is 20.6. The van der Waals surface area contributed by atoms with E-state index in [0.29, 0.717) is 24.2 Å². The summed E-state index contributed by atoms with van der Waals surface area (Å²) >= 11 is 0. The zero-order valence-corrected chi connectivity index (χ0v) is 20.6. The highest BCUT2D eigenvalue weighted by Gasteiger charge is 2.45. The molecular formula is C30H32N2O3. The Balaban J connectivity index is 1.81. The number of hydrogen-bond acceptors (Lipinski definition) is 4. The third-order valence-corrected chi connectivity index (χ3v) is 6.85. The van der Waals surface area contributed by atoms with E-state index in [0.717, 1.165) is 11.1 Å². The average molecular weight is 469 g/mol. The molecule has 35 heavy (non-hydrogen) atoms. The van der Waals surface area contributed by atoms with Crippen molar-refractivity contribution in [1.29, 1.82) is 0 Å². The number of aryl methyl sites for hydroxylation is 1. The Bertz CT molecular complexity index is 1130. The zero-order chi connectivity index (χ0) is 24.9. The number of ketones is 2. The van der Waals surface area contributed by atoms with Crippen molar-refractivity contribution in [3.05, 3.63) is 107 Å². The quantitative estimate of drug-likeness (QED) is 0.480. The molecule has 3 aromatic carbocycles. The van der Waals surface area contributed by atoms with Crippen LogP contribution in [0.25, 0.3) is 0 Å². The second kappa shape index (κ2) is 10.8. The predicted molar refractivity (Wildman–Crippen MR) is 138 cm³/mol. The van der Waals surface area contributed by atoms with Crippen LogP contribution in [0, 0.1) is 18.8 Å². The van der Waals surface area contributed by atoms with Crippen molar-refractivity contribution in [2.75, 3.05) is 33.7 Å². The van der Waals surface area contributed by atoms with Crippen LogP contribution in [0.2, 0.25) is 0 Å². The van der Waals surface area contributed by atoms with E-state index in [1.807, 2.05) is 90.7 Å². The summed E-state index contributed by atoms with van der Waals surface area (Å²) in [6, 6.07) is 26.6. The van der Waals surface area contributed by atoms with E-state index in [1.165, 1.54) is 0 Å². The lowest BCUT2D eigenvalue weighted by Gasteiger charge is -2.43. The number of likely N-dealkylation sites (tertiary alicyclic amines) is 1. The standard InChI is InChI=1S/C30H32N2O3/c1-21-11-10-16-24(17-21)28-25(29(34)22-12-6-4-7-13-22)18-32(20-27(33)31(2)3)19-26(28)30(35)23-14-8-5-9-15-23/h4-17,25-26,28H,18-20H2,1-3H3/t25-,26-/m0/s1. The maximum atomic E-state index is 13.9. The van der Waals surface area contributed by atoms with Gasteiger partial charge in [-0.3, -0.25) is 19.3 Å². The summed E-state index contributed by atoms with van der Waals surface area (Å²) in [5.41, 5.74) is 3.33. The van der Waals surface area contributed by atoms with E-state index in [2.05, 4.69) is 6.07 Å². The van der Waals surface area contributed by atoms with Crippen LogP contribution in [0.4, 0.5) is 0 Å². The van der Waals surface area contributed by atoms with Gasteiger partial charge in [0.1, 0.15) is 0 Å². The number of Topliss-reactive ketones (excluding diaryl/α,β-unsaturated/α-hetero) is 2. The Morgan fingerprint density at radius 2 is 1.29 bits per heavy atom. The van der Waals surface area contributed by atoms with Gasteiger partial charge in [0.15, 0.2) is 11.6 Å². The van der Waals surface area contributed by atoms with Gasteiger partial charge in [-0.1, -0.05) is 90.5 Å². The topological polar surface area (TPSA) is 57.7 Å². The number of hydrogen-bond donors (Lipinski definition) is 0. The fourth-order valence-corrected chi connectivity index (χ4v) is 5.07. The minimum atomic E-state index is -0.458. The maximum Gasteiger partial charge on any atom is 0.236 e. The molecule has 0 radical (unpaired) electrons. The molecule has 180 valence electrons. The van der Waals surface area contributed by atoms with Crippen LogP contribution >= 0.6 is 0 Å². The highest BCUT2D eigenvalue weighted by atomic mass is 16.2. The van der Waals surface area contributed by atoms with Crippen LogP contribution in [0.15, 0.2) is 84.9 Å². The van der Waals surface area contributed by atoms with E-state index < -0.39 is 11.8 Å². The molecule has 1 heterocycles. The lowest BCUT2D eigenvalue weighted by Crippen LogP contribution is -2.52. The first-order valence-corrected chi connectivity index (χ1v) is 12.0. The number of likely N-dealkylation sites (N-methyl/N-ethyl adjacent to an activating group) is 1. The van der Waals surface area contributed by atoms with E-state index in [-0.39, 0.29) is 29.9 Å². The molecule has 0 aromatic heterocycles. The largest absolute Gasteiger partial charge is 0.348 e. The van der Waals surface area contributed by atoms with E-state index in [1.54, 1.807) is 19.0 Å². The molecule has 5 heteroatoms. The van der Waals surface area contributed by atoms with Crippen molar-refractivity contribution >= 4 is 17.5 Å². The van der Waals surface area contributed by atoms with Crippen molar-refractivity contribution in [3.63, 3.8) is 0 Å². The molecule has 0 unspecified atom stereocenters. The second-order valence-electron chi connectivity index (χ2n) is 9.60. The summed E-state index contributed by atoms with van der Waals surface area (Å²) in [6.45, 7) is 3.04. The van der Waals surface area contributed by atoms with Crippen molar-refractivity contribution in [3.8, 4) is 0 Å². The summed E-state index contributed by atoms with van der Waals surface area (Å²) in [5.74, 6) is -1.24. The van der Waals surface area contributed by atoms with E-state index in [4.69, 9.17) is 0 Å². The number of amides is 1. The van der Waals surface area contributed by atoms with Gasteiger partial charge in [0.05, 0.1) is 6.54 Å². The molecule has 4 rings (SSSR count). The van der Waals surface area contributed by atoms with Gasteiger partial charge in [-0.05, 0) is 12.5 Å². The first kappa shape index (κ1) is 24.6. The molecule has 0 spiro atoms. The molecule has 1 aliphatic heterocycles. The number of piperidine rings is 1. The SMILES string of the molecule is Cc1cccc(C2[C@@H](C(=O)c3ccccc3)CN(CC(=O)N(C)C)C[C@@H]2C(=O)c2ccccc2)c1. The molecule has 3 aromatic rings. The maximum absolute atomic E-state index is 13.9. The minimum Gasteiger partial charge on any atom is -0.348 e. The number of carbonyl (C=O) groups is 3. The van der Waals surface area contributed by atoms with Gasteiger partial charge in [-0.15, -0.1) is 0 Å². The molecule has 0 bridgehead atoms. The predicted octanol–water partition coefficient (Wildman–Crippen LogP) is 4.48. The van der Waals surface area contributed by atoms with Crippen LogP contribution in [0.3, 0.4) is 0 Å². The molecule has 1 amide bonds. The van der Waals surface area contributed by atoms with Gasteiger partial charge in [0, 0.05) is 56.1 Å². The molecule has 0 saturated carbocycles. The number of rotatable bonds is 7. The lowest BCUT2D eigenvalue weighted by molar-refractivity contribution is -0.130. The summed E-state index contributed by atoms with van der Waals surface area (Å²) in [4.78, 5) is 44.0. The smallest absolute Gasteiger partial charge is 0.236 e. The molecule has 5 nitrogen and oxygen atoms in total. The van der Waals surface area contributed by atoms with Crippen LogP contribution < -0.4 is 0 Å². The van der Waals surface area contributed by atoms with E-state index in [9.17, 15) is 14.4 Å². The van der Waals surface area contributed by atoms with Crippen LogP contribution in [-0.4, -0.2) is 61.0 Å². The third kappa shape index (κ3) is 5.57. The Kier molecular flexibility index (Phi) is 7.57. The molecule has 0 aliphatic carbocycles. The first-order valence-electron chi connectivity index (χ1n) is 12.0. The van der Waals surface area contributed by atoms with Crippen LogP contribution in [-0.2, 0) is 4.79 Å². The van der Waals surface area contributed by atoms with Gasteiger partial charge in [-0.25, -0.2) is 0 Å². The van der Waals surface area contributed by atoms with Crippen molar-refractivity contribution in [2.45, 2.75) is 12.8 Å². The van der Waals surface area contributed by atoms with Crippen molar-refractivity contribution in [2.24, 2.45) is 11.8 Å². The fourth-order valence-electron chi connectivity index (χ4n) is 5.07. The molecule has 1 aliphatic rings. The summed E-state index contributed by atoms with van der Waals surface area (Å²) in [7, 11) is 3.45. The number of carbonyl (C=O) groups excluding carboxylic acids is 3. The highest BCUT2D eigenvalue weighted by molar-refractivity contribution is 6.02. The average Bonchev–Trinajstić information content (AvgIpc) is 2.88. The number of benzene rings is 3. The van der Waals surface area contributed by atoms with Gasteiger partial charge in [-0.2, -0.15) is 0 Å². The van der Waals surface area contributed by atoms with Crippen molar-refractivity contribution in [1.82, 2.24) is 9.80 Å². The second-order valence-corrected chi connectivity index (χ2v) is 9.60. The molecular weight excluding hydrogens is 436 g/mol. The van der Waals surface area contributed by atoms with Crippen LogP contribution in [0.5, 0.6) is 0 Å². The van der Waals surface area contributed by atoms with E-state index >= 15 is 0 Å². The number of nitrogens with zero attached hydrogens (tertiary/aromatic N) is 2. The fraction of sp³-hybridized carbons (Fsp3) is 0.300. The van der Waals surface area contributed by atoms with Gasteiger partial charge in [0.2, 0.25) is 5.91 Å². The lowest BCUT2D eigenvalue weighted by atomic mass is 9.68. The monoisotopic (exact) mass is 468 g/mol. The first-order chi connectivity index (χ1) is 16.8. The highest BCUT2D eigenvalue weighted by Crippen LogP contribution is 2.41. The summed E-state index contributed by atoms with van der Waals surface area (Å²) in [6.07, 6.45) is 0. The normalized spacial score (nSPS) is 18.7. The third-order valence-electron chi connectivity index (χ3n) is 6.85. The Labute approximate surface area is 207 Å². The molecule has 2 atom stereocenters. The Morgan fingerprint density at radius 1 is 0.771 bits per heavy atom. The molecule has 1 fully saturated rings. The molecule has 1 saturated heterocycles. The Morgan fingerprint density at radius 3 is 1.74 bits per heavy atom. The van der Waals surface area contributed by atoms with Crippen molar-refractivity contribution < 1.29 is 14.4 Å². The van der Waals surface area contributed by atoms with Crippen LogP contribution in [0.1, 0.15) is 37.8 Å². The minimum absolute atomic E-state index is 0.00460. The Hall–Kier alpha value is -3.57. The molecule has 0 N–H and O–H groups in total. The van der Waals surface area contributed by atoms with Gasteiger partial charge >= 0.3 is 0 Å². The summed E-state index contributed by atoms with van der Waals surface area (Å²) < 4.78 is 0.